The van der Waals surface area contributed by atoms with Gasteiger partial charge in [-0.25, -0.2) is 9.18 Å². The van der Waals surface area contributed by atoms with Gasteiger partial charge in [0.1, 0.15) is 5.82 Å². The van der Waals surface area contributed by atoms with E-state index in [0.717, 1.165) is 12.8 Å². The molecule has 0 aromatic heterocycles. The SMILES string of the molecule is CN(c1ccc(NC(=O)NCCO)cc1F)C1CCCCC1. The second-order valence-corrected chi connectivity index (χ2v) is 5.67. The van der Waals surface area contributed by atoms with Gasteiger partial charge in [0.05, 0.1) is 12.3 Å². The summed E-state index contributed by atoms with van der Waals surface area (Å²) in [6.45, 7) is 0.0315. The van der Waals surface area contributed by atoms with Crippen molar-refractivity contribution in [2.75, 3.05) is 30.4 Å². The maximum atomic E-state index is 14.3. The number of amides is 2. The monoisotopic (exact) mass is 309 g/mol. The van der Waals surface area contributed by atoms with Crippen LogP contribution in [0.3, 0.4) is 0 Å². The van der Waals surface area contributed by atoms with Crippen molar-refractivity contribution in [2.45, 2.75) is 38.1 Å². The standard InChI is InChI=1S/C16H24FN3O2/c1-20(13-5-3-2-4-6-13)15-8-7-12(11-14(15)17)19-16(22)18-9-10-21/h7-8,11,13,21H,2-6,9-10H2,1H3,(H2,18,19,22). The molecule has 1 saturated carbocycles. The first kappa shape index (κ1) is 16.5. The van der Waals surface area contributed by atoms with E-state index in [1.165, 1.54) is 25.3 Å². The number of hydrogen-bond donors (Lipinski definition) is 3. The van der Waals surface area contributed by atoms with Crippen LogP contribution in [0.25, 0.3) is 0 Å². The molecule has 0 radical (unpaired) electrons. The molecule has 2 amide bonds. The third-order valence-corrected chi connectivity index (χ3v) is 4.11. The van der Waals surface area contributed by atoms with Crippen LogP contribution in [0.5, 0.6) is 0 Å². The number of urea groups is 1. The van der Waals surface area contributed by atoms with E-state index in [4.69, 9.17) is 5.11 Å². The number of nitrogens with one attached hydrogen (secondary N) is 2. The van der Waals surface area contributed by atoms with Gasteiger partial charge in [-0.05, 0) is 31.0 Å². The van der Waals surface area contributed by atoms with Gasteiger partial charge in [-0.2, -0.15) is 0 Å². The van der Waals surface area contributed by atoms with Crippen molar-refractivity contribution >= 4 is 17.4 Å². The van der Waals surface area contributed by atoms with Gasteiger partial charge < -0.3 is 20.6 Å². The molecule has 1 aliphatic carbocycles. The maximum absolute atomic E-state index is 14.3. The van der Waals surface area contributed by atoms with E-state index in [0.29, 0.717) is 17.4 Å². The molecule has 5 nitrogen and oxygen atoms in total. The first-order chi connectivity index (χ1) is 10.6. The summed E-state index contributed by atoms with van der Waals surface area (Å²) in [6.07, 6.45) is 5.85. The highest BCUT2D eigenvalue weighted by atomic mass is 19.1. The van der Waals surface area contributed by atoms with E-state index in [9.17, 15) is 9.18 Å². The molecule has 6 heteroatoms. The molecule has 22 heavy (non-hydrogen) atoms. The Morgan fingerprint density at radius 1 is 1.36 bits per heavy atom. The summed E-state index contributed by atoms with van der Waals surface area (Å²) >= 11 is 0. The first-order valence-corrected chi connectivity index (χ1v) is 7.80. The van der Waals surface area contributed by atoms with Gasteiger partial charge in [0.15, 0.2) is 0 Å². The van der Waals surface area contributed by atoms with Gasteiger partial charge >= 0.3 is 6.03 Å². The van der Waals surface area contributed by atoms with Crippen LogP contribution in [0.1, 0.15) is 32.1 Å². The highest BCUT2D eigenvalue weighted by Crippen LogP contribution is 2.29. The number of carbonyl (C=O) groups is 1. The van der Waals surface area contributed by atoms with Gasteiger partial charge in [-0.3, -0.25) is 0 Å². The van der Waals surface area contributed by atoms with Gasteiger partial charge in [0.2, 0.25) is 0 Å². The second kappa shape index (κ2) is 7.98. The molecule has 1 aromatic rings. The van der Waals surface area contributed by atoms with Gasteiger partial charge in [0.25, 0.3) is 0 Å². The topological polar surface area (TPSA) is 64.6 Å². The Bertz CT molecular complexity index is 504. The summed E-state index contributed by atoms with van der Waals surface area (Å²) in [6, 6.07) is 4.64. The Labute approximate surface area is 130 Å². The normalized spacial score (nSPS) is 15.4. The minimum Gasteiger partial charge on any atom is -0.395 e. The van der Waals surface area contributed by atoms with E-state index >= 15 is 0 Å². The molecule has 0 aliphatic heterocycles. The van der Waals surface area contributed by atoms with Crippen molar-refractivity contribution in [2.24, 2.45) is 0 Å². The van der Waals surface area contributed by atoms with Crippen molar-refractivity contribution < 1.29 is 14.3 Å². The van der Waals surface area contributed by atoms with Crippen LogP contribution >= 0.6 is 0 Å². The Kier molecular flexibility index (Phi) is 6.00. The minimum absolute atomic E-state index is 0.132. The molecule has 1 fully saturated rings. The largest absolute Gasteiger partial charge is 0.395 e. The molecule has 0 atom stereocenters. The highest BCUT2D eigenvalue weighted by Gasteiger charge is 2.20. The Balaban J connectivity index is 2.00. The van der Waals surface area contributed by atoms with Gasteiger partial charge in [-0.1, -0.05) is 19.3 Å². The zero-order valence-electron chi connectivity index (χ0n) is 12.9. The number of aliphatic hydroxyl groups excluding tert-OH is 1. The van der Waals surface area contributed by atoms with Crippen LogP contribution < -0.4 is 15.5 Å². The smallest absolute Gasteiger partial charge is 0.319 e. The molecule has 3 N–H and O–H groups in total. The summed E-state index contributed by atoms with van der Waals surface area (Å²) in [5, 5.41) is 13.6. The maximum Gasteiger partial charge on any atom is 0.319 e. The second-order valence-electron chi connectivity index (χ2n) is 5.67. The molecule has 0 unspecified atom stereocenters. The van der Waals surface area contributed by atoms with Gasteiger partial charge in [0, 0.05) is 25.3 Å². The summed E-state index contributed by atoms with van der Waals surface area (Å²) < 4.78 is 14.3. The lowest BCUT2D eigenvalue weighted by molar-refractivity contribution is 0.245. The van der Waals surface area contributed by atoms with E-state index in [1.807, 2.05) is 11.9 Å². The first-order valence-electron chi connectivity index (χ1n) is 7.80. The number of anilines is 2. The molecule has 122 valence electrons. The predicted octanol–water partition coefficient (Wildman–Crippen LogP) is 2.71. The van der Waals surface area contributed by atoms with Crippen molar-refractivity contribution in [3.8, 4) is 0 Å². The van der Waals surface area contributed by atoms with Crippen LogP contribution in [0.4, 0.5) is 20.6 Å². The lowest BCUT2D eigenvalue weighted by atomic mass is 9.94. The van der Waals surface area contributed by atoms with Crippen molar-refractivity contribution in [1.82, 2.24) is 5.32 Å². The van der Waals surface area contributed by atoms with E-state index in [2.05, 4.69) is 10.6 Å². The Morgan fingerprint density at radius 3 is 2.73 bits per heavy atom. The van der Waals surface area contributed by atoms with Crippen LogP contribution in [0.15, 0.2) is 18.2 Å². The summed E-state index contributed by atoms with van der Waals surface area (Å²) in [5.74, 6) is -0.340. The quantitative estimate of drug-likeness (QED) is 0.783. The number of halogens is 1. The molecule has 0 heterocycles. The molecule has 2 rings (SSSR count). The molecule has 0 saturated heterocycles. The molecule has 0 spiro atoms. The van der Waals surface area contributed by atoms with Crippen LogP contribution in [-0.2, 0) is 0 Å². The Hall–Kier alpha value is -1.82. The molecular weight excluding hydrogens is 285 g/mol. The van der Waals surface area contributed by atoms with Crippen molar-refractivity contribution in [1.29, 1.82) is 0 Å². The average Bonchev–Trinajstić information content (AvgIpc) is 2.53. The fourth-order valence-electron chi connectivity index (χ4n) is 2.88. The van der Waals surface area contributed by atoms with E-state index < -0.39 is 6.03 Å². The van der Waals surface area contributed by atoms with Crippen LogP contribution in [0, 0.1) is 5.82 Å². The fraction of sp³-hybridized carbons (Fsp3) is 0.562. The zero-order chi connectivity index (χ0) is 15.9. The van der Waals surface area contributed by atoms with E-state index in [1.54, 1.807) is 12.1 Å². The van der Waals surface area contributed by atoms with E-state index in [-0.39, 0.29) is 19.0 Å². The molecule has 1 aromatic carbocycles. The summed E-state index contributed by atoms with van der Waals surface area (Å²) in [4.78, 5) is 13.5. The van der Waals surface area contributed by atoms with Gasteiger partial charge in [-0.15, -0.1) is 0 Å². The highest BCUT2D eigenvalue weighted by molar-refractivity contribution is 5.89. The third-order valence-electron chi connectivity index (χ3n) is 4.11. The number of benzene rings is 1. The lowest BCUT2D eigenvalue weighted by Crippen LogP contribution is -2.34. The van der Waals surface area contributed by atoms with Crippen molar-refractivity contribution in [3.05, 3.63) is 24.0 Å². The average molecular weight is 309 g/mol. The number of hydrogen-bond acceptors (Lipinski definition) is 3. The van der Waals surface area contributed by atoms with Crippen LogP contribution in [-0.4, -0.2) is 37.4 Å². The number of carbonyl (C=O) groups excluding carboxylic acids is 1. The minimum atomic E-state index is -0.457. The number of rotatable bonds is 5. The summed E-state index contributed by atoms with van der Waals surface area (Å²) in [7, 11) is 1.93. The zero-order valence-corrected chi connectivity index (χ0v) is 12.9. The van der Waals surface area contributed by atoms with Crippen LogP contribution in [0.2, 0.25) is 0 Å². The third kappa shape index (κ3) is 4.34. The molecule has 0 bridgehead atoms. The summed E-state index contributed by atoms with van der Waals surface area (Å²) in [5.41, 5.74) is 0.960. The Morgan fingerprint density at radius 2 is 2.09 bits per heavy atom. The number of aliphatic hydroxyl groups is 1. The molecular formula is C16H24FN3O2. The number of nitrogens with zero attached hydrogens (tertiary/aromatic N) is 1. The predicted molar refractivity (Wildman–Crippen MR) is 85.8 cm³/mol. The lowest BCUT2D eigenvalue weighted by Gasteiger charge is -2.33. The van der Waals surface area contributed by atoms with Crippen molar-refractivity contribution in [3.63, 3.8) is 0 Å². The molecule has 1 aliphatic rings. The fourth-order valence-corrected chi connectivity index (χ4v) is 2.88.